The van der Waals surface area contributed by atoms with Gasteiger partial charge in [0.1, 0.15) is 0 Å². The number of nitrogens with one attached hydrogen (secondary N) is 1. The van der Waals surface area contributed by atoms with Gasteiger partial charge in [0.2, 0.25) is 5.91 Å². The van der Waals surface area contributed by atoms with Crippen molar-refractivity contribution in [1.29, 1.82) is 0 Å². The summed E-state index contributed by atoms with van der Waals surface area (Å²) in [6.07, 6.45) is 0.522. The number of carbonyl (C=O) groups is 2. The molecule has 1 saturated heterocycles. The minimum absolute atomic E-state index is 0.140. The van der Waals surface area contributed by atoms with E-state index in [2.05, 4.69) is 5.32 Å². The Morgan fingerprint density at radius 1 is 1.47 bits per heavy atom. The fourth-order valence-electron chi connectivity index (χ4n) is 1.54. The first kappa shape index (κ1) is 11.9. The van der Waals surface area contributed by atoms with Crippen LogP contribution in [0.3, 0.4) is 0 Å². The SMILES string of the molecule is NC(=O)CCOC1CNCC(C(=O)O)C1. The molecule has 0 bridgehead atoms. The molecule has 1 fully saturated rings. The van der Waals surface area contributed by atoms with Crippen LogP contribution in [-0.2, 0) is 14.3 Å². The van der Waals surface area contributed by atoms with Crippen LogP contribution in [0.15, 0.2) is 0 Å². The Hall–Kier alpha value is -1.14. The maximum atomic E-state index is 10.7. The zero-order valence-electron chi connectivity index (χ0n) is 8.44. The topological polar surface area (TPSA) is 102 Å². The van der Waals surface area contributed by atoms with Crippen molar-refractivity contribution in [2.75, 3.05) is 19.7 Å². The van der Waals surface area contributed by atoms with E-state index in [0.29, 0.717) is 19.5 Å². The number of ether oxygens (including phenoxy) is 1. The van der Waals surface area contributed by atoms with E-state index in [-0.39, 0.29) is 19.1 Å². The smallest absolute Gasteiger partial charge is 0.307 e. The normalized spacial score (nSPS) is 26.1. The standard InChI is InChI=1S/C9H16N2O4/c10-8(12)1-2-15-7-3-6(9(13)14)4-11-5-7/h6-7,11H,1-5H2,(H2,10,12)(H,13,14). The Balaban J connectivity index is 2.24. The summed E-state index contributed by atoms with van der Waals surface area (Å²) in [5, 5.41) is 11.8. The number of hydrogen-bond donors (Lipinski definition) is 3. The predicted octanol–water partition coefficient (Wildman–Crippen LogP) is -1.06. The van der Waals surface area contributed by atoms with Crippen molar-refractivity contribution in [2.45, 2.75) is 18.9 Å². The van der Waals surface area contributed by atoms with Crippen molar-refractivity contribution >= 4 is 11.9 Å². The van der Waals surface area contributed by atoms with Crippen molar-refractivity contribution < 1.29 is 19.4 Å². The number of carboxylic acid groups (broad SMARTS) is 1. The third-order valence-electron chi connectivity index (χ3n) is 2.36. The van der Waals surface area contributed by atoms with Crippen LogP contribution in [0.1, 0.15) is 12.8 Å². The average molecular weight is 216 g/mol. The van der Waals surface area contributed by atoms with Gasteiger partial charge in [0.05, 0.1) is 18.6 Å². The maximum Gasteiger partial charge on any atom is 0.307 e. The second kappa shape index (κ2) is 5.67. The van der Waals surface area contributed by atoms with E-state index in [1.807, 2.05) is 0 Å². The quantitative estimate of drug-likeness (QED) is 0.543. The van der Waals surface area contributed by atoms with Crippen molar-refractivity contribution in [3.8, 4) is 0 Å². The molecule has 15 heavy (non-hydrogen) atoms. The lowest BCUT2D eigenvalue weighted by atomic mass is 9.98. The number of piperidine rings is 1. The molecule has 4 N–H and O–H groups in total. The molecule has 0 saturated carbocycles. The van der Waals surface area contributed by atoms with Crippen molar-refractivity contribution in [3.63, 3.8) is 0 Å². The molecule has 6 nitrogen and oxygen atoms in total. The summed E-state index contributed by atoms with van der Waals surface area (Å²) in [4.78, 5) is 21.2. The minimum Gasteiger partial charge on any atom is -0.481 e. The van der Waals surface area contributed by atoms with E-state index in [9.17, 15) is 9.59 Å². The lowest BCUT2D eigenvalue weighted by Gasteiger charge is -2.27. The molecule has 6 heteroatoms. The van der Waals surface area contributed by atoms with Crippen LogP contribution in [-0.4, -0.2) is 42.8 Å². The first-order chi connectivity index (χ1) is 7.09. The molecule has 1 amide bonds. The van der Waals surface area contributed by atoms with Crippen molar-refractivity contribution in [1.82, 2.24) is 5.32 Å². The highest BCUT2D eigenvalue weighted by molar-refractivity contribution is 5.73. The Labute approximate surface area is 87.8 Å². The molecule has 0 spiro atoms. The van der Waals surface area contributed by atoms with Gasteiger partial charge in [0.15, 0.2) is 0 Å². The van der Waals surface area contributed by atoms with E-state index < -0.39 is 17.8 Å². The fourth-order valence-corrected chi connectivity index (χ4v) is 1.54. The van der Waals surface area contributed by atoms with Gasteiger partial charge >= 0.3 is 5.97 Å². The van der Waals surface area contributed by atoms with Crippen molar-refractivity contribution in [3.05, 3.63) is 0 Å². The van der Waals surface area contributed by atoms with Gasteiger partial charge in [-0.15, -0.1) is 0 Å². The second-order valence-electron chi connectivity index (χ2n) is 3.64. The highest BCUT2D eigenvalue weighted by Crippen LogP contribution is 2.13. The molecule has 1 aliphatic rings. The number of hydrogen-bond acceptors (Lipinski definition) is 4. The molecule has 0 radical (unpaired) electrons. The van der Waals surface area contributed by atoms with Crippen LogP contribution >= 0.6 is 0 Å². The number of carbonyl (C=O) groups excluding carboxylic acids is 1. The zero-order valence-corrected chi connectivity index (χ0v) is 8.44. The molecule has 2 unspecified atom stereocenters. The third kappa shape index (κ3) is 4.26. The van der Waals surface area contributed by atoms with Crippen LogP contribution < -0.4 is 11.1 Å². The molecule has 1 aliphatic heterocycles. The molecular weight excluding hydrogens is 200 g/mol. The van der Waals surface area contributed by atoms with Gasteiger partial charge in [-0.3, -0.25) is 9.59 Å². The van der Waals surface area contributed by atoms with Crippen molar-refractivity contribution in [2.24, 2.45) is 11.7 Å². The molecule has 0 aromatic carbocycles. The van der Waals surface area contributed by atoms with Crippen LogP contribution in [0.4, 0.5) is 0 Å². The summed E-state index contributed by atoms with van der Waals surface area (Å²) < 4.78 is 5.35. The van der Waals surface area contributed by atoms with Gasteiger partial charge in [-0.25, -0.2) is 0 Å². The summed E-state index contributed by atoms with van der Waals surface area (Å²) in [5.74, 6) is -1.63. The van der Waals surface area contributed by atoms with E-state index in [4.69, 9.17) is 15.6 Å². The minimum atomic E-state index is -0.814. The summed E-state index contributed by atoms with van der Waals surface area (Å²) in [7, 11) is 0. The van der Waals surface area contributed by atoms with Gasteiger partial charge in [-0.05, 0) is 6.42 Å². The lowest BCUT2D eigenvalue weighted by Crippen LogP contribution is -2.43. The third-order valence-corrected chi connectivity index (χ3v) is 2.36. The predicted molar refractivity (Wildman–Crippen MR) is 52.2 cm³/mol. The lowest BCUT2D eigenvalue weighted by molar-refractivity contribution is -0.144. The molecule has 0 aromatic rings. The Morgan fingerprint density at radius 3 is 2.80 bits per heavy atom. The van der Waals surface area contributed by atoms with Crippen LogP contribution in [0, 0.1) is 5.92 Å². The first-order valence-electron chi connectivity index (χ1n) is 4.93. The number of aliphatic carboxylic acids is 1. The van der Waals surface area contributed by atoms with Gasteiger partial charge in [0, 0.05) is 19.5 Å². The molecule has 0 aromatic heterocycles. The first-order valence-corrected chi connectivity index (χ1v) is 4.93. The van der Waals surface area contributed by atoms with Crippen LogP contribution in [0.5, 0.6) is 0 Å². The molecule has 1 heterocycles. The number of rotatable bonds is 5. The Kier molecular flexibility index (Phi) is 4.51. The molecule has 0 aliphatic carbocycles. The van der Waals surface area contributed by atoms with Crippen LogP contribution in [0.25, 0.3) is 0 Å². The molecule has 86 valence electrons. The molecule has 1 rings (SSSR count). The maximum absolute atomic E-state index is 10.7. The van der Waals surface area contributed by atoms with Gasteiger partial charge in [-0.1, -0.05) is 0 Å². The second-order valence-corrected chi connectivity index (χ2v) is 3.64. The summed E-state index contributed by atoms with van der Waals surface area (Å²) in [5.41, 5.74) is 4.95. The number of amides is 1. The highest BCUT2D eigenvalue weighted by Gasteiger charge is 2.26. The van der Waals surface area contributed by atoms with Crippen LogP contribution in [0.2, 0.25) is 0 Å². The monoisotopic (exact) mass is 216 g/mol. The summed E-state index contributed by atoms with van der Waals surface area (Å²) in [6.45, 7) is 1.36. The number of nitrogens with two attached hydrogens (primary N) is 1. The average Bonchev–Trinajstić information content (AvgIpc) is 2.17. The Bertz CT molecular complexity index is 244. The van der Waals surface area contributed by atoms with E-state index >= 15 is 0 Å². The fraction of sp³-hybridized carbons (Fsp3) is 0.778. The van der Waals surface area contributed by atoms with Gasteiger partial charge in [-0.2, -0.15) is 0 Å². The Morgan fingerprint density at radius 2 is 2.20 bits per heavy atom. The van der Waals surface area contributed by atoms with E-state index in [1.54, 1.807) is 0 Å². The summed E-state index contributed by atoms with van der Waals surface area (Å²) >= 11 is 0. The molecule has 2 atom stereocenters. The van der Waals surface area contributed by atoms with Gasteiger partial charge < -0.3 is 20.9 Å². The zero-order chi connectivity index (χ0) is 11.3. The van der Waals surface area contributed by atoms with E-state index in [1.165, 1.54) is 0 Å². The molecular formula is C9H16N2O4. The van der Waals surface area contributed by atoms with E-state index in [0.717, 1.165) is 0 Å². The van der Waals surface area contributed by atoms with Gasteiger partial charge in [0.25, 0.3) is 0 Å². The highest BCUT2D eigenvalue weighted by atomic mass is 16.5. The summed E-state index contributed by atoms with van der Waals surface area (Å²) in [6, 6.07) is 0. The number of primary amides is 1. The number of carboxylic acids is 1. The largest absolute Gasteiger partial charge is 0.481 e.